The summed E-state index contributed by atoms with van der Waals surface area (Å²) in [7, 11) is 0. The molecule has 0 unspecified atom stereocenters. The van der Waals surface area contributed by atoms with Crippen LogP contribution in [0, 0.1) is 0 Å². The Bertz CT molecular complexity index is 1110. The van der Waals surface area contributed by atoms with E-state index < -0.39 is 0 Å². The third-order valence-electron chi connectivity index (χ3n) is 5.20. The average molecular weight is 409 g/mol. The van der Waals surface area contributed by atoms with Crippen molar-refractivity contribution < 1.29 is 14.3 Å². The number of amides is 1. The van der Waals surface area contributed by atoms with Gasteiger partial charge in [0.2, 0.25) is 10.8 Å². The van der Waals surface area contributed by atoms with Crippen LogP contribution in [0.1, 0.15) is 27.0 Å². The molecule has 1 aliphatic heterocycles. The number of aromatic nitrogens is 3. The predicted octanol–water partition coefficient (Wildman–Crippen LogP) is 2.64. The second kappa shape index (κ2) is 7.34. The van der Waals surface area contributed by atoms with Gasteiger partial charge in [0.25, 0.3) is 5.91 Å². The zero-order chi connectivity index (χ0) is 19.8. The Labute approximate surface area is 170 Å². The lowest BCUT2D eigenvalue weighted by molar-refractivity contribution is 0.0568. The number of furan rings is 1. The summed E-state index contributed by atoms with van der Waals surface area (Å²) in [6.07, 6.45) is 2.95. The van der Waals surface area contributed by atoms with Crippen molar-refractivity contribution in [2.24, 2.45) is 0 Å². The van der Waals surface area contributed by atoms with Crippen LogP contribution in [-0.4, -0.2) is 61.6 Å². The zero-order valence-corrected chi connectivity index (χ0v) is 16.3. The van der Waals surface area contributed by atoms with Crippen molar-refractivity contribution in [3.05, 3.63) is 71.3 Å². The highest BCUT2D eigenvalue weighted by molar-refractivity contribution is 7.17. The molecule has 1 aliphatic rings. The minimum Gasteiger partial charge on any atom is -0.492 e. The van der Waals surface area contributed by atoms with Gasteiger partial charge in [0.1, 0.15) is 6.33 Å². The van der Waals surface area contributed by atoms with E-state index in [-0.39, 0.29) is 17.8 Å². The predicted molar refractivity (Wildman–Crippen MR) is 107 cm³/mol. The van der Waals surface area contributed by atoms with E-state index in [0.717, 1.165) is 10.4 Å². The molecule has 0 aliphatic carbocycles. The molecule has 1 saturated heterocycles. The lowest BCUT2D eigenvalue weighted by Crippen LogP contribution is -2.49. The van der Waals surface area contributed by atoms with Crippen LogP contribution in [0.4, 0.5) is 0 Å². The molecule has 9 heteroatoms. The largest absolute Gasteiger partial charge is 0.492 e. The Kier molecular flexibility index (Phi) is 4.53. The summed E-state index contributed by atoms with van der Waals surface area (Å²) in [4.78, 5) is 22.3. The maximum Gasteiger partial charge on any atom is 0.289 e. The second-order valence-electron chi connectivity index (χ2n) is 6.86. The molecule has 1 amide bonds. The van der Waals surface area contributed by atoms with E-state index in [1.54, 1.807) is 17.0 Å². The molecule has 0 saturated carbocycles. The fourth-order valence-corrected chi connectivity index (χ4v) is 4.87. The first-order valence-electron chi connectivity index (χ1n) is 9.35. The van der Waals surface area contributed by atoms with Crippen LogP contribution < -0.4 is 0 Å². The first kappa shape index (κ1) is 17.9. The number of hydrogen-bond donors (Lipinski definition) is 1. The maximum atomic E-state index is 12.6. The van der Waals surface area contributed by atoms with Crippen molar-refractivity contribution in [3.63, 3.8) is 0 Å². The van der Waals surface area contributed by atoms with Crippen molar-refractivity contribution in [3.8, 4) is 5.88 Å². The van der Waals surface area contributed by atoms with Gasteiger partial charge in [0.05, 0.1) is 17.2 Å². The highest BCUT2D eigenvalue weighted by Gasteiger charge is 2.32. The van der Waals surface area contributed by atoms with Gasteiger partial charge in [0, 0.05) is 26.2 Å². The Hall–Kier alpha value is -3.17. The number of hydrogen-bond acceptors (Lipinski definition) is 7. The van der Waals surface area contributed by atoms with Crippen LogP contribution in [0.15, 0.2) is 59.5 Å². The Morgan fingerprint density at radius 2 is 1.90 bits per heavy atom. The first-order chi connectivity index (χ1) is 14.2. The number of carbonyl (C=O) groups is 1. The zero-order valence-electron chi connectivity index (χ0n) is 15.5. The van der Waals surface area contributed by atoms with Gasteiger partial charge in [0.15, 0.2) is 5.76 Å². The summed E-state index contributed by atoms with van der Waals surface area (Å²) in [5.74, 6) is 0.388. The quantitative estimate of drug-likeness (QED) is 0.558. The van der Waals surface area contributed by atoms with E-state index in [4.69, 9.17) is 4.42 Å². The molecule has 1 fully saturated rings. The van der Waals surface area contributed by atoms with E-state index in [9.17, 15) is 9.90 Å². The Morgan fingerprint density at radius 3 is 2.59 bits per heavy atom. The monoisotopic (exact) mass is 409 g/mol. The average Bonchev–Trinajstić information content (AvgIpc) is 3.50. The summed E-state index contributed by atoms with van der Waals surface area (Å²) in [6.45, 7) is 2.53. The molecule has 4 aromatic rings. The van der Waals surface area contributed by atoms with Crippen molar-refractivity contribution in [2.45, 2.75) is 6.04 Å². The molecule has 1 N–H and O–H groups in total. The Balaban J connectivity index is 1.43. The van der Waals surface area contributed by atoms with Gasteiger partial charge in [-0.2, -0.15) is 9.61 Å². The summed E-state index contributed by atoms with van der Waals surface area (Å²) >= 11 is 1.43. The summed E-state index contributed by atoms with van der Waals surface area (Å²) in [5.41, 5.74) is 1.08. The number of fused-ring (bicyclic) bond motifs is 1. The normalized spacial score (nSPS) is 16.3. The number of carbonyl (C=O) groups excluding carboxylic acids is 1. The lowest BCUT2D eigenvalue weighted by Gasteiger charge is -2.38. The molecule has 29 heavy (non-hydrogen) atoms. The molecule has 0 bridgehead atoms. The first-order valence-corrected chi connectivity index (χ1v) is 10.2. The van der Waals surface area contributed by atoms with Crippen LogP contribution in [0.5, 0.6) is 5.88 Å². The van der Waals surface area contributed by atoms with Gasteiger partial charge in [-0.05, 0) is 17.7 Å². The van der Waals surface area contributed by atoms with Gasteiger partial charge in [-0.1, -0.05) is 41.7 Å². The molecule has 3 aromatic heterocycles. The molecule has 0 radical (unpaired) electrons. The van der Waals surface area contributed by atoms with Crippen molar-refractivity contribution in [1.82, 2.24) is 24.4 Å². The maximum absolute atomic E-state index is 12.6. The van der Waals surface area contributed by atoms with Crippen molar-refractivity contribution in [2.75, 3.05) is 26.2 Å². The van der Waals surface area contributed by atoms with E-state index >= 15 is 0 Å². The van der Waals surface area contributed by atoms with Crippen LogP contribution in [0.25, 0.3) is 4.96 Å². The number of thiazole rings is 1. The molecule has 0 spiro atoms. The van der Waals surface area contributed by atoms with Crippen LogP contribution in [-0.2, 0) is 0 Å². The fourth-order valence-electron chi connectivity index (χ4n) is 3.77. The third-order valence-corrected chi connectivity index (χ3v) is 6.29. The molecule has 148 valence electrons. The standard InChI is InChI=1S/C20H19N5O3S/c26-18(15-7-4-12-28-15)24-10-8-23(9-11-24)16(14-5-2-1-3-6-14)17-19(27)25-20(29-17)21-13-22-25/h1-7,12-13,16,27H,8-11H2/t16-/m1/s1. The number of rotatable bonds is 4. The topological polar surface area (TPSA) is 87.1 Å². The van der Waals surface area contributed by atoms with Gasteiger partial charge in [-0.25, -0.2) is 4.98 Å². The van der Waals surface area contributed by atoms with E-state index in [1.807, 2.05) is 18.2 Å². The highest BCUT2D eigenvalue weighted by atomic mass is 32.1. The number of piperazine rings is 1. The van der Waals surface area contributed by atoms with Crippen LogP contribution in [0.3, 0.4) is 0 Å². The lowest BCUT2D eigenvalue weighted by atomic mass is 10.0. The van der Waals surface area contributed by atoms with Crippen molar-refractivity contribution in [1.29, 1.82) is 0 Å². The number of nitrogens with zero attached hydrogens (tertiary/aromatic N) is 5. The number of aromatic hydroxyl groups is 1. The Morgan fingerprint density at radius 1 is 1.10 bits per heavy atom. The second-order valence-corrected chi connectivity index (χ2v) is 7.87. The van der Waals surface area contributed by atoms with E-state index in [0.29, 0.717) is 36.9 Å². The highest BCUT2D eigenvalue weighted by Crippen LogP contribution is 2.39. The van der Waals surface area contributed by atoms with E-state index in [2.05, 4.69) is 27.1 Å². The fraction of sp³-hybridized carbons (Fsp3) is 0.250. The summed E-state index contributed by atoms with van der Waals surface area (Å²) in [5, 5.41) is 14.9. The SMILES string of the molecule is O=C(c1ccco1)N1CCN([C@H](c2ccccc2)c2sc3ncnn3c2O)CC1. The molecule has 5 rings (SSSR count). The van der Waals surface area contributed by atoms with Gasteiger partial charge < -0.3 is 14.4 Å². The van der Waals surface area contributed by atoms with E-state index in [1.165, 1.54) is 28.4 Å². The van der Waals surface area contributed by atoms with Crippen LogP contribution in [0.2, 0.25) is 0 Å². The molecule has 1 aromatic carbocycles. The smallest absolute Gasteiger partial charge is 0.289 e. The summed E-state index contributed by atoms with van der Waals surface area (Å²) in [6, 6.07) is 13.3. The van der Waals surface area contributed by atoms with Gasteiger partial charge in [-0.3, -0.25) is 9.69 Å². The third kappa shape index (κ3) is 3.18. The molecular weight excluding hydrogens is 390 g/mol. The van der Waals surface area contributed by atoms with Crippen molar-refractivity contribution >= 4 is 22.2 Å². The van der Waals surface area contributed by atoms with Gasteiger partial charge in [-0.15, -0.1) is 0 Å². The van der Waals surface area contributed by atoms with Gasteiger partial charge >= 0.3 is 0 Å². The minimum absolute atomic E-state index is 0.0902. The molecule has 8 nitrogen and oxygen atoms in total. The number of benzene rings is 1. The molecular formula is C20H19N5O3S. The van der Waals surface area contributed by atoms with Crippen LogP contribution >= 0.6 is 11.3 Å². The molecule has 4 heterocycles. The summed E-state index contributed by atoms with van der Waals surface area (Å²) < 4.78 is 6.71. The molecule has 1 atom stereocenters. The minimum atomic E-state index is -0.134.